The molecule has 1 aromatic carbocycles. The van der Waals surface area contributed by atoms with Crippen molar-refractivity contribution in [2.75, 3.05) is 39.0 Å². The fourth-order valence-electron chi connectivity index (χ4n) is 3.59. The molecule has 0 saturated carbocycles. The first kappa shape index (κ1) is 18.6. The first-order chi connectivity index (χ1) is 13.6. The van der Waals surface area contributed by atoms with Gasteiger partial charge in [0.05, 0.1) is 17.8 Å². The largest absolute Gasteiger partial charge is 0.346 e. The minimum Gasteiger partial charge on any atom is -0.346 e. The molecule has 1 aliphatic rings. The van der Waals surface area contributed by atoms with E-state index in [9.17, 15) is 4.79 Å². The Morgan fingerprint density at radius 3 is 2.89 bits per heavy atom. The van der Waals surface area contributed by atoms with Crippen molar-refractivity contribution in [3.8, 4) is 0 Å². The Morgan fingerprint density at radius 1 is 1.29 bits per heavy atom. The van der Waals surface area contributed by atoms with E-state index in [4.69, 9.17) is 0 Å². The molecule has 1 fully saturated rings. The molecule has 0 aliphatic carbocycles. The second-order valence-corrected chi connectivity index (χ2v) is 7.61. The average Bonchev–Trinajstić information content (AvgIpc) is 3.34. The Balaban J connectivity index is 1.47. The second kappa shape index (κ2) is 8.12. The van der Waals surface area contributed by atoms with Crippen LogP contribution in [0.5, 0.6) is 0 Å². The van der Waals surface area contributed by atoms with Gasteiger partial charge in [-0.2, -0.15) is 0 Å². The standard InChI is InChI=1S/C20H27N7O/c1-25(2)11-12-26-10-7-15-3-4-16(13-19(15)26)22-20(28)18-14-27(24-23-18)17-5-8-21-9-6-17/h3-4,7,10,13-14,17,21H,5-6,8-9,11-12H2,1-2H3,(H,22,28). The van der Waals surface area contributed by atoms with Gasteiger partial charge in [0.15, 0.2) is 5.69 Å². The van der Waals surface area contributed by atoms with E-state index in [-0.39, 0.29) is 5.91 Å². The Morgan fingerprint density at radius 2 is 2.11 bits per heavy atom. The summed E-state index contributed by atoms with van der Waals surface area (Å²) in [6.07, 6.45) is 5.85. The number of nitrogens with zero attached hydrogens (tertiary/aromatic N) is 5. The summed E-state index contributed by atoms with van der Waals surface area (Å²) >= 11 is 0. The number of carbonyl (C=O) groups excluding carboxylic acids is 1. The highest BCUT2D eigenvalue weighted by Gasteiger charge is 2.19. The third-order valence-electron chi connectivity index (χ3n) is 5.25. The summed E-state index contributed by atoms with van der Waals surface area (Å²) in [5.41, 5.74) is 2.22. The van der Waals surface area contributed by atoms with Crippen molar-refractivity contribution >= 4 is 22.5 Å². The van der Waals surface area contributed by atoms with Gasteiger partial charge in [-0.25, -0.2) is 4.68 Å². The number of aromatic nitrogens is 4. The highest BCUT2D eigenvalue weighted by Crippen LogP contribution is 2.22. The van der Waals surface area contributed by atoms with E-state index in [2.05, 4.69) is 56.8 Å². The van der Waals surface area contributed by atoms with E-state index in [1.807, 2.05) is 22.9 Å². The monoisotopic (exact) mass is 381 g/mol. The number of hydrogen-bond donors (Lipinski definition) is 2. The van der Waals surface area contributed by atoms with Gasteiger partial charge in [-0.1, -0.05) is 11.3 Å². The Bertz CT molecular complexity index is 953. The first-order valence-electron chi connectivity index (χ1n) is 9.78. The molecule has 28 heavy (non-hydrogen) atoms. The molecule has 1 aliphatic heterocycles. The number of hydrogen-bond acceptors (Lipinski definition) is 5. The molecule has 0 unspecified atom stereocenters. The molecule has 1 saturated heterocycles. The zero-order valence-electron chi connectivity index (χ0n) is 16.4. The van der Waals surface area contributed by atoms with Crippen molar-refractivity contribution in [3.05, 3.63) is 42.4 Å². The molecule has 3 heterocycles. The third-order valence-corrected chi connectivity index (χ3v) is 5.25. The highest BCUT2D eigenvalue weighted by molar-refractivity contribution is 6.03. The summed E-state index contributed by atoms with van der Waals surface area (Å²) in [7, 11) is 4.13. The van der Waals surface area contributed by atoms with Gasteiger partial charge in [0, 0.05) is 25.0 Å². The molecule has 0 spiro atoms. The summed E-state index contributed by atoms with van der Waals surface area (Å²) in [5.74, 6) is -0.231. The van der Waals surface area contributed by atoms with Crippen LogP contribution in [0.3, 0.4) is 0 Å². The van der Waals surface area contributed by atoms with E-state index in [0.717, 1.165) is 55.6 Å². The van der Waals surface area contributed by atoms with E-state index < -0.39 is 0 Å². The van der Waals surface area contributed by atoms with Gasteiger partial charge in [0.1, 0.15) is 0 Å². The molecule has 3 aromatic rings. The smallest absolute Gasteiger partial charge is 0.277 e. The molecule has 2 aromatic heterocycles. The summed E-state index contributed by atoms with van der Waals surface area (Å²) in [5, 5.41) is 15.7. The van der Waals surface area contributed by atoms with Crippen LogP contribution in [0.1, 0.15) is 29.4 Å². The van der Waals surface area contributed by atoms with Crippen LogP contribution in [-0.2, 0) is 6.54 Å². The predicted molar refractivity (Wildman–Crippen MR) is 110 cm³/mol. The van der Waals surface area contributed by atoms with Crippen molar-refractivity contribution in [1.82, 2.24) is 29.8 Å². The van der Waals surface area contributed by atoms with Gasteiger partial charge < -0.3 is 20.1 Å². The molecule has 148 valence electrons. The number of anilines is 1. The maximum atomic E-state index is 12.6. The molecule has 2 N–H and O–H groups in total. The lowest BCUT2D eigenvalue weighted by molar-refractivity contribution is 0.102. The van der Waals surface area contributed by atoms with Crippen LogP contribution < -0.4 is 10.6 Å². The number of fused-ring (bicyclic) bond motifs is 1. The SMILES string of the molecule is CN(C)CCn1ccc2ccc(NC(=O)c3cn(C4CCNCC4)nn3)cc21. The molecule has 0 bridgehead atoms. The molecule has 8 nitrogen and oxygen atoms in total. The lowest BCUT2D eigenvalue weighted by Gasteiger charge is -2.22. The van der Waals surface area contributed by atoms with Gasteiger partial charge in [0.25, 0.3) is 5.91 Å². The van der Waals surface area contributed by atoms with E-state index >= 15 is 0 Å². The normalized spacial score (nSPS) is 15.4. The van der Waals surface area contributed by atoms with Crippen LogP contribution in [0.15, 0.2) is 36.7 Å². The number of benzene rings is 1. The number of nitrogens with one attached hydrogen (secondary N) is 2. The maximum Gasteiger partial charge on any atom is 0.277 e. The zero-order valence-corrected chi connectivity index (χ0v) is 16.4. The van der Waals surface area contributed by atoms with Gasteiger partial charge in [-0.05, 0) is 63.6 Å². The van der Waals surface area contributed by atoms with Crippen molar-refractivity contribution in [1.29, 1.82) is 0 Å². The van der Waals surface area contributed by atoms with Crippen molar-refractivity contribution in [2.45, 2.75) is 25.4 Å². The minimum absolute atomic E-state index is 0.231. The van der Waals surface area contributed by atoms with Crippen LogP contribution in [0.2, 0.25) is 0 Å². The highest BCUT2D eigenvalue weighted by atomic mass is 16.2. The van der Waals surface area contributed by atoms with Gasteiger partial charge in [0.2, 0.25) is 0 Å². The Labute approximate surface area is 164 Å². The zero-order chi connectivity index (χ0) is 19.5. The second-order valence-electron chi connectivity index (χ2n) is 7.61. The van der Waals surface area contributed by atoms with Crippen LogP contribution in [0.25, 0.3) is 10.9 Å². The van der Waals surface area contributed by atoms with Crippen LogP contribution >= 0.6 is 0 Å². The number of carbonyl (C=O) groups is 1. The van der Waals surface area contributed by atoms with Gasteiger partial charge >= 0.3 is 0 Å². The summed E-state index contributed by atoms with van der Waals surface area (Å²) in [6, 6.07) is 8.38. The number of likely N-dealkylation sites (N-methyl/N-ethyl adjacent to an activating group) is 1. The van der Waals surface area contributed by atoms with Crippen LogP contribution in [0, 0.1) is 0 Å². The van der Waals surface area contributed by atoms with Crippen LogP contribution in [0.4, 0.5) is 5.69 Å². The summed E-state index contributed by atoms with van der Waals surface area (Å²) < 4.78 is 4.03. The fraction of sp³-hybridized carbons (Fsp3) is 0.450. The minimum atomic E-state index is -0.231. The molecule has 4 rings (SSSR count). The van der Waals surface area contributed by atoms with E-state index in [1.54, 1.807) is 6.20 Å². The third kappa shape index (κ3) is 4.07. The van der Waals surface area contributed by atoms with Gasteiger partial charge in [-0.3, -0.25) is 4.79 Å². The van der Waals surface area contributed by atoms with Gasteiger partial charge in [-0.15, -0.1) is 5.10 Å². The molecule has 1 amide bonds. The molecule has 0 atom stereocenters. The molecule has 0 radical (unpaired) electrons. The predicted octanol–water partition coefficient (Wildman–Crippen LogP) is 1.97. The van der Waals surface area contributed by atoms with E-state index in [1.165, 1.54) is 0 Å². The number of rotatable bonds is 6. The topological polar surface area (TPSA) is 80.0 Å². The average molecular weight is 381 g/mol. The van der Waals surface area contributed by atoms with E-state index in [0.29, 0.717) is 11.7 Å². The Hall–Kier alpha value is -2.71. The lowest BCUT2D eigenvalue weighted by Crippen LogP contribution is -2.29. The summed E-state index contributed by atoms with van der Waals surface area (Å²) in [4.78, 5) is 14.8. The first-order valence-corrected chi connectivity index (χ1v) is 9.78. The van der Waals surface area contributed by atoms with Crippen LogP contribution in [-0.4, -0.2) is 64.1 Å². The number of piperidine rings is 1. The maximum absolute atomic E-state index is 12.6. The van der Waals surface area contributed by atoms with Crippen molar-refractivity contribution < 1.29 is 4.79 Å². The summed E-state index contributed by atoms with van der Waals surface area (Å²) in [6.45, 7) is 3.80. The van der Waals surface area contributed by atoms with Crippen molar-refractivity contribution in [3.63, 3.8) is 0 Å². The Kier molecular flexibility index (Phi) is 5.40. The number of amides is 1. The molecular weight excluding hydrogens is 354 g/mol. The molecule has 8 heteroatoms. The molecular formula is C20H27N7O. The quantitative estimate of drug-likeness (QED) is 0.682. The lowest BCUT2D eigenvalue weighted by atomic mass is 10.1. The van der Waals surface area contributed by atoms with Crippen molar-refractivity contribution in [2.24, 2.45) is 0 Å². The fourth-order valence-corrected chi connectivity index (χ4v) is 3.59.